The van der Waals surface area contributed by atoms with Gasteiger partial charge in [-0.15, -0.1) is 23.5 Å². The molecule has 0 bridgehead atoms. The predicted octanol–water partition coefficient (Wildman–Crippen LogP) is 12.4. The lowest BCUT2D eigenvalue weighted by Crippen LogP contribution is -1.97. The fourth-order valence-electron chi connectivity index (χ4n) is 5.28. The zero-order valence-corrected chi connectivity index (χ0v) is 34.8. The second-order valence-corrected chi connectivity index (χ2v) is 19.7. The molecule has 0 saturated heterocycles. The Kier molecular flexibility index (Phi) is 14.9. The molecule has 0 amide bonds. The van der Waals surface area contributed by atoms with Crippen LogP contribution in [0.2, 0.25) is 0 Å². The molecule has 0 atom stereocenters. The summed E-state index contributed by atoms with van der Waals surface area (Å²) in [7, 11) is 0. The van der Waals surface area contributed by atoms with Gasteiger partial charge in [0.05, 0.1) is 39.1 Å². The molecule has 1 aromatic heterocycles. The first-order valence-corrected chi connectivity index (χ1v) is 23.1. The van der Waals surface area contributed by atoms with Crippen LogP contribution in [-0.2, 0) is 0 Å². The maximum atomic E-state index is 11.3. The minimum atomic E-state index is -0.998. The lowest BCUT2D eigenvalue weighted by atomic mass is 10.1. The molecule has 6 nitrogen and oxygen atoms in total. The number of unbranched alkanes of at least 4 members (excludes halogenated alkanes) is 6. The van der Waals surface area contributed by atoms with Crippen LogP contribution >= 0.6 is 70.6 Å². The van der Waals surface area contributed by atoms with E-state index in [0.29, 0.717) is 33.5 Å². The fourth-order valence-corrected chi connectivity index (χ4v) is 14.1. The van der Waals surface area contributed by atoms with Gasteiger partial charge in [0, 0.05) is 20.9 Å². The predicted molar refractivity (Wildman–Crippen MR) is 232 cm³/mol. The van der Waals surface area contributed by atoms with Gasteiger partial charge in [-0.1, -0.05) is 111 Å². The zero-order chi connectivity index (χ0) is 37.9. The van der Waals surface area contributed by atoms with Crippen LogP contribution < -0.4 is 0 Å². The summed E-state index contributed by atoms with van der Waals surface area (Å²) in [6.45, 7) is 4.52. The van der Waals surface area contributed by atoms with Crippen molar-refractivity contribution in [2.45, 2.75) is 75.0 Å². The molecule has 0 saturated carbocycles. The molecule has 2 aliphatic rings. The Morgan fingerprint density at radius 2 is 0.981 bits per heavy atom. The number of nitrogens with zero attached hydrogens (tertiary/aromatic N) is 2. The third-order valence-electron chi connectivity index (χ3n) is 8.22. The maximum absolute atomic E-state index is 11.3. The summed E-state index contributed by atoms with van der Waals surface area (Å²) < 4.78 is 5.54. The van der Waals surface area contributed by atoms with E-state index >= 15 is 0 Å². The summed E-state index contributed by atoms with van der Waals surface area (Å²) in [5.74, 6) is 12.8. The molecule has 0 aliphatic carbocycles. The van der Waals surface area contributed by atoms with Crippen LogP contribution in [0.15, 0.2) is 87.4 Å². The van der Waals surface area contributed by atoms with Crippen LogP contribution in [-0.4, -0.2) is 43.6 Å². The minimum Gasteiger partial charge on any atom is -0.478 e. The normalized spacial score (nSPS) is 13.4. The highest BCUT2D eigenvalue weighted by Crippen LogP contribution is 2.64. The molecule has 276 valence electrons. The Morgan fingerprint density at radius 3 is 1.37 bits per heavy atom. The van der Waals surface area contributed by atoms with E-state index < -0.39 is 11.9 Å². The molecule has 6 rings (SSSR count). The van der Waals surface area contributed by atoms with E-state index in [0.717, 1.165) is 21.3 Å². The largest absolute Gasteiger partial charge is 0.478 e. The van der Waals surface area contributed by atoms with Crippen molar-refractivity contribution in [3.8, 4) is 23.7 Å². The molecule has 0 radical (unpaired) electrons. The number of hydrogen-bond donors (Lipinski definition) is 2. The number of rotatable bonds is 14. The summed E-state index contributed by atoms with van der Waals surface area (Å²) in [5, 5.41) is 18.6. The van der Waals surface area contributed by atoms with Gasteiger partial charge in [-0.2, -0.15) is 0 Å². The smallest absolute Gasteiger partial charge is 0.335 e. The van der Waals surface area contributed by atoms with Crippen LogP contribution in [0.1, 0.15) is 108 Å². The summed E-state index contributed by atoms with van der Waals surface area (Å²) in [5.41, 5.74) is 3.88. The van der Waals surface area contributed by atoms with Crippen LogP contribution in [0.25, 0.3) is 11.0 Å². The molecule has 4 aromatic rings. The Labute approximate surface area is 342 Å². The number of aromatic carboxylic acids is 2. The van der Waals surface area contributed by atoms with Gasteiger partial charge in [0.15, 0.2) is 0 Å². The second kappa shape index (κ2) is 20.0. The SMILES string of the molecule is CCCCCCSC1=C(SCCCCCC)SC(=C2Sc3cc4nc(C#Cc5ccc(C(=O)O)cc5)c(C#Cc5ccc(C(=O)O)cc5)nc4cc3S2)S1. The molecule has 0 fully saturated rings. The first kappa shape index (κ1) is 40.3. The molecular weight excluding hydrogens is 789 g/mol. The molecule has 0 unspecified atom stereocenters. The Morgan fingerprint density at radius 1 is 0.574 bits per heavy atom. The number of fused-ring (bicyclic) bond motifs is 2. The lowest BCUT2D eigenvalue weighted by molar-refractivity contribution is 0.0686. The van der Waals surface area contributed by atoms with Crippen molar-refractivity contribution in [1.29, 1.82) is 0 Å². The van der Waals surface area contributed by atoms with Gasteiger partial charge in [0.25, 0.3) is 0 Å². The highest BCUT2D eigenvalue weighted by atomic mass is 32.3. The van der Waals surface area contributed by atoms with E-state index in [1.165, 1.54) is 92.6 Å². The van der Waals surface area contributed by atoms with E-state index in [2.05, 4.69) is 49.7 Å². The average molecular weight is 827 g/mol. The standard InChI is InChI=1S/C42H38N2O4S6/c1-3-5-7-9-23-49-39-40(50-24-10-8-6-4-2)54-42(53-39)41-51-35-25-33-34(26-36(35)52-41)44-32(22-16-28-13-19-30(20-14-28)38(47)48)31(43-33)21-15-27-11-17-29(18-12-27)37(45)46/h11-14,17-20,25-26H,3-10,23-24H2,1-2H3,(H,45,46)(H,47,48). The number of carbonyl (C=O) groups is 2. The highest BCUT2D eigenvalue weighted by molar-refractivity contribution is 8.42. The summed E-state index contributed by atoms with van der Waals surface area (Å²) in [6.07, 6.45) is 10.2. The van der Waals surface area contributed by atoms with E-state index in [4.69, 9.17) is 9.97 Å². The molecule has 2 aliphatic heterocycles. The maximum Gasteiger partial charge on any atom is 0.335 e. The topological polar surface area (TPSA) is 100 Å². The number of thioether (sulfide) groups is 6. The first-order chi connectivity index (χ1) is 26.3. The van der Waals surface area contributed by atoms with Gasteiger partial charge in [-0.3, -0.25) is 0 Å². The number of carboxylic acids is 2. The zero-order valence-electron chi connectivity index (χ0n) is 29.9. The number of benzene rings is 3. The molecule has 54 heavy (non-hydrogen) atoms. The molecular formula is C42H38N2O4S6. The lowest BCUT2D eigenvalue weighted by Gasteiger charge is -2.05. The molecule has 3 aromatic carbocycles. The summed E-state index contributed by atoms with van der Waals surface area (Å²) in [6, 6.07) is 16.9. The molecule has 2 N–H and O–H groups in total. The van der Waals surface area contributed by atoms with E-state index in [-0.39, 0.29) is 11.1 Å². The van der Waals surface area contributed by atoms with Crippen molar-refractivity contribution in [3.63, 3.8) is 0 Å². The average Bonchev–Trinajstić information content (AvgIpc) is 3.78. The first-order valence-electron chi connectivity index (χ1n) is 17.8. The Hall–Kier alpha value is -3.36. The van der Waals surface area contributed by atoms with Crippen molar-refractivity contribution in [2.75, 3.05) is 11.5 Å². The fraction of sp³-hybridized carbons (Fsp3) is 0.286. The third kappa shape index (κ3) is 10.9. The quantitative estimate of drug-likeness (QED) is 0.0935. The number of hydrogen-bond acceptors (Lipinski definition) is 10. The van der Waals surface area contributed by atoms with Crippen molar-refractivity contribution in [1.82, 2.24) is 9.97 Å². The van der Waals surface area contributed by atoms with Gasteiger partial charge in [-0.05, 0) is 96.9 Å². The molecule has 12 heteroatoms. The van der Waals surface area contributed by atoms with Gasteiger partial charge in [-0.25, -0.2) is 19.6 Å². The van der Waals surface area contributed by atoms with E-state index in [9.17, 15) is 19.8 Å². The summed E-state index contributed by atoms with van der Waals surface area (Å²) in [4.78, 5) is 34.8. The van der Waals surface area contributed by atoms with Crippen molar-refractivity contribution in [2.24, 2.45) is 0 Å². The highest BCUT2D eigenvalue weighted by Gasteiger charge is 2.30. The van der Waals surface area contributed by atoms with Crippen LogP contribution in [0, 0.1) is 23.7 Å². The van der Waals surface area contributed by atoms with Gasteiger partial charge < -0.3 is 10.2 Å². The second-order valence-electron chi connectivity index (χ2n) is 12.3. The Balaban J connectivity index is 1.28. The van der Waals surface area contributed by atoms with Gasteiger partial charge in [0.1, 0.15) is 11.4 Å². The minimum absolute atomic E-state index is 0.185. The van der Waals surface area contributed by atoms with Crippen LogP contribution in [0.3, 0.4) is 0 Å². The summed E-state index contributed by atoms with van der Waals surface area (Å²) >= 11 is 11.5. The van der Waals surface area contributed by atoms with Gasteiger partial charge in [0.2, 0.25) is 0 Å². The van der Waals surface area contributed by atoms with Crippen molar-refractivity contribution in [3.05, 3.63) is 111 Å². The van der Waals surface area contributed by atoms with Crippen LogP contribution in [0.4, 0.5) is 0 Å². The number of aromatic nitrogens is 2. The number of carboxylic acid groups (broad SMARTS) is 2. The van der Waals surface area contributed by atoms with E-state index in [1.807, 2.05) is 47.0 Å². The monoisotopic (exact) mass is 826 g/mol. The van der Waals surface area contributed by atoms with E-state index in [1.54, 1.807) is 47.8 Å². The molecule has 3 heterocycles. The molecule has 0 spiro atoms. The Bertz CT molecular complexity index is 2080. The van der Waals surface area contributed by atoms with Crippen molar-refractivity contribution >= 4 is 93.5 Å². The third-order valence-corrected chi connectivity index (χ3v) is 17.0. The van der Waals surface area contributed by atoms with Crippen LogP contribution in [0.5, 0.6) is 0 Å². The van der Waals surface area contributed by atoms with Crippen molar-refractivity contribution < 1.29 is 19.8 Å². The van der Waals surface area contributed by atoms with Gasteiger partial charge >= 0.3 is 11.9 Å².